The van der Waals surface area contributed by atoms with Crippen LogP contribution in [-0.2, 0) is 17.8 Å². The lowest BCUT2D eigenvalue weighted by Gasteiger charge is -2.07. The van der Waals surface area contributed by atoms with Crippen molar-refractivity contribution in [1.82, 2.24) is 15.0 Å². The van der Waals surface area contributed by atoms with E-state index in [0.717, 1.165) is 5.56 Å². The third-order valence-electron chi connectivity index (χ3n) is 2.47. The summed E-state index contributed by atoms with van der Waals surface area (Å²) in [6.45, 7) is 2.12. The van der Waals surface area contributed by atoms with Crippen LogP contribution in [0.15, 0.2) is 30.3 Å². The van der Waals surface area contributed by atoms with Crippen molar-refractivity contribution in [2.24, 2.45) is 0 Å². The maximum atomic E-state index is 11.6. The van der Waals surface area contributed by atoms with Crippen molar-refractivity contribution in [3.63, 3.8) is 0 Å². The van der Waals surface area contributed by atoms with E-state index in [-0.39, 0.29) is 17.3 Å². The minimum atomic E-state index is -0.597. The first-order chi connectivity index (χ1) is 9.67. The topological polar surface area (TPSA) is 79.9 Å². The van der Waals surface area contributed by atoms with E-state index in [2.05, 4.69) is 20.3 Å². The van der Waals surface area contributed by atoms with Crippen LogP contribution in [0.4, 0.5) is 10.7 Å². The van der Waals surface area contributed by atoms with Crippen molar-refractivity contribution in [3.8, 4) is 0 Å². The number of aromatic amines is 1. The zero-order valence-electron chi connectivity index (χ0n) is 10.9. The lowest BCUT2D eigenvalue weighted by molar-refractivity contribution is 0.155. The first-order valence-electron chi connectivity index (χ1n) is 6.12. The minimum Gasteiger partial charge on any atom is -0.444 e. The van der Waals surface area contributed by atoms with Crippen molar-refractivity contribution in [2.45, 2.75) is 20.0 Å². The normalized spacial score (nSPS) is 10.1. The Morgan fingerprint density at radius 3 is 2.80 bits per heavy atom. The molecule has 0 aliphatic rings. The molecule has 0 saturated carbocycles. The first kappa shape index (κ1) is 14.1. The molecule has 1 amide bonds. The molecular weight excluding hydrogens is 276 g/mol. The number of aryl methyl sites for hydroxylation is 1. The average molecular weight is 290 g/mol. The standard InChI is InChI=1S/C13H14N4O2S/c1-2-10-14-11(16-12(20)15-10)17-13(18)19-8-9-6-4-3-5-7-9/h3-7H,2,8H2,1H3,(H2,14,15,16,17,18,20). The molecule has 0 bridgehead atoms. The molecule has 0 spiro atoms. The van der Waals surface area contributed by atoms with Crippen LogP contribution in [0.2, 0.25) is 0 Å². The highest BCUT2D eigenvalue weighted by molar-refractivity contribution is 7.71. The van der Waals surface area contributed by atoms with Crippen LogP contribution in [0.3, 0.4) is 0 Å². The number of benzene rings is 1. The Morgan fingerprint density at radius 2 is 2.10 bits per heavy atom. The molecule has 0 aliphatic carbocycles. The fourth-order valence-electron chi connectivity index (χ4n) is 1.51. The summed E-state index contributed by atoms with van der Waals surface area (Å²) in [7, 11) is 0. The molecule has 20 heavy (non-hydrogen) atoms. The predicted molar refractivity (Wildman–Crippen MR) is 76.8 cm³/mol. The number of aromatic nitrogens is 3. The average Bonchev–Trinajstić information content (AvgIpc) is 2.45. The van der Waals surface area contributed by atoms with Gasteiger partial charge in [0.2, 0.25) is 10.7 Å². The van der Waals surface area contributed by atoms with Crippen LogP contribution in [0.25, 0.3) is 0 Å². The molecule has 0 unspecified atom stereocenters. The molecule has 6 nitrogen and oxygen atoms in total. The third-order valence-corrected chi connectivity index (χ3v) is 2.65. The van der Waals surface area contributed by atoms with Gasteiger partial charge in [0.1, 0.15) is 12.4 Å². The molecule has 1 aromatic heterocycles. The lowest BCUT2D eigenvalue weighted by Crippen LogP contribution is -2.16. The number of H-pyrrole nitrogens is 1. The fraction of sp³-hybridized carbons (Fsp3) is 0.231. The van der Waals surface area contributed by atoms with Crippen molar-refractivity contribution in [3.05, 3.63) is 46.5 Å². The molecule has 104 valence electrons. The lowest BCUT2D eigenvalue weighted by atomic mass is 10.2. The molecule has 1 aromatic carbocycles. The molecule has 0 fully saturated rings. The minimum absolute atomic E-state index is 0.180. The highest BCUT2D eigenvalue weighted by Gasteiger charge is 2.06. The summed E-state index contributed by atoms with van der Waals surface area (Å²) in [6.07, 6.45) is 0.0696. The van der Waals surface area contributed by atoms with E-state index in [4.69, 9.17) is 17.0 Å². The fourth-order valence-corrected chi connectivity index (χ4v) is 1.71. The van der Waals surface area contributed by atoms with E-state index < -0.39 is 6.09 Å². The number of carbonyl (C=O) groups excluding carboxylic acids is 1. The maximum Gasteiger partial charge on any atom is 0.414 e. The van der Waals surface area contributed by atoms with Gasteiger partial charge >= 0.3 is 6.09 Å². The Labute approximate surface area is 121 Å². The van der Waals surface area contributed by atoms with Crippen LogP contribution >= 0.6 is 12.2 Å². The molecule has 7 heteroatoms. The van der Waals surface area contributed by atoms with Gasteiger partial charge in [0.05, 0.1) is 0 Å². The molecule has 0 atom stereocenters. The summed E-state index contributed by atoms with van der Waals surface area (Å²) in [5.41, 5.74) is 0.910. The Kier molecular flexibility index (Phi) is 4.78. The van der Waals surface area contributed by atoms with Gasteiger partial charge < -0.3 is 9.72 Å². The number of rotatable bonds is 4. The largest absolute Gasteiger partial charge is 0.444 e. The van der Waals surface area contributed by atoms with Gasteiger partial charge in [-0.15, -0.1) is 0 Å². The summed E-state index contributed by atoms with van der Waals surface area (Å²) in [5.74, 6) is 0.892. The SMILES string of the molecule is CCc1nc(=S)nc(NC(=O)OCc2ccccc2)[nH]1. The second-order valence-corrected chi connectivity index (χ2v) is 4.33. The van der Waals surface area contributed by atoms with Gasteiger partial charge in [-0.05, 0) is 17.8 Å². The first-order valence-corrected chi connectivity index (χ1v) is 6.53. The van der Waals surface area contributed by atoms with Crippen molar-refractivity contribution >= 4 is 24.3 Å². The van der Waals surface area contributed by atoms with Gasteiger partial charge in [-0.1, -0.05) is 37.3 Å². The molecule has 2 rings (SSSR count). The Bertz CT molecular complexity index is 642. The van der Waals surface area contributed by atoms with Crippen molar-refractivity contribution in [1.29, 1.82) is 0 Å². The number of amides is 1. The molecule has 0 radical (unpaired) electrons. The van der Waals surface area contributed by atoms with Crippen molar-refractivity contribution < 1.29 is 9.53 Å². The van der Waals surface area contributed by atoms with Gasteiger partial charge in [-0.2, -0.15) is 4.98 Å². The van der Waals surface area contributed by atoms with Crippen LogP contribution in [0.5, 0.6) is 0 Å². The van der Waals surface area contributed by atoms with E-state index >= 15 is 0 Å². The van der Waals surface area contributed by atoms with E-state index in [9.17, 15) is 4.79 Å². The van der Waals surface area contributed by atoms with Crippen LogP contribution < -0.4 is 5.32 Å². The van der Waals surface area contributed by atoms with Gasteiger partial charge in [-0.25, -0.2) is 9.78 Å². The number of nitrogens with one attached hydrogen (secondary N) is 2. The zero-order valence-corrected chi connectivity index (χ0v) is 11.7. The zero-order chi connectivity index (χ0) is 14.4. The quantitative estimate of drug-likeness (QED) is 0.846. The summed E-state index contributed by atoms with van der Waals surface area (Å²) in [6, 6.07) is 9.41. The van der Waals surface area contributed by atoms with E-state index in [0.29, 0.717) is 12.2 Å². The van der Waals surface area contributed by atoms with Crippen LogP contribution in [-0.4, -0.2) is 21.0 Å². The summed E-state index contributed by atoms with van der Waals surface area (Å²) in [4.78, 5) is 22.4. The molecular formula is C13H14N4O2S. The summed E-state index contributed by atoms with van der Waals surface area (Å²) < 4.78 is 5.26. The molecule has 0 saturated heterocycles. The summed E-state index contributed by atoms with van der Waals surface area (Å²) in [5, 5.41) is 2.49. The van der Waals surface area contributed by atoms with E-state index in [1.54, 1.807) is 0 Å². The van der Waals surface area contributed by atoms with E-state index in [1.165, 1.54) is 0 Å². The third kappa shape index (κ3) is 4.13. The number of nitrogens with zero attached hydrogens (tertiary/aromatic N) is 2. The monoisotopic (exact) mass is 290 g/mol. The van der Waals surface area contributed by atoms with Crippen molar-refractivity contribution in [2.75, 3.05) is 5.32 Å². The number of hydrogen-bond acceptors (Lipinski definition) is 5. The highest BCUT2D eigenvalue weighted by atomic mass is 32.1. The second kappa shape index (κ2) is 6.76. The number of anilines is 1. The summed E-state index contributed by atoms with van der Waals surface area (Å²) >= 11 is 4.91. The van der Waals surface area contributed by atoms with Crippen LogP contribution in [0.1, 0.15) is 18.3 Å². The van der Waals surface area contributed by atoms with E-state index in [1.807, 2.05) is 37.3 Å². The molecule has 2 aromatic rings. The predicted octanol–water partition coefficient (Wildman–Crippen LogP) is 2.85. The number of ether oxygens (including phenoxy) is 1. The molecule has 1 heterocycles. The molecule has 2 N–H and O–H groups in total. The Balaban J connectivity index is 1.94. The van der Waals surface area contributed by atoms with Gasteiger partial charge in [0, 0.05) is 6.42 Å². The maximum absolute atomic E-state index is 11.6. The Morgan fingerprint density at radius 1 is 1.35 bits per heavy atom. The van der Waals surface area contributed by atoms with Gasteiger partial charge in [0.25, 0.3) is 0 Å². The van der Waals surface area contributed by atoms with Gasteiger partial charge in [-0.3, -0.25) is 5.32 Å². The van der Waals surface area contributed by atoms with Crippen LogP contribution in [0, 0.1) is 4.77 Å². The smallest absolute Gasteiger partial charge is 0.414 e. The number of carbonyl (C=O) groups is 1. The number of hydrogen-bond donors (Lipinski definition) is 2. The Hall–Kier alpha value is -2.28. The highest BCUT2D eigenvalue weighted by Crippen LogP contribution is 2.03. The van der Waals surface area contributed by atoms with Gasteiger partial charge in [0.15, 0.2) is 0 Å². The molecule has 0 aliphatic heterocycles. The second-order valence-electron chi connectivity index (χ2n) is 3.97.